The van der Waals surface area contributed by atoms with Crippen molar-refractivity contribution in [3.05, 3.63) is 23.3 Å². The molecule has 1 fully saturated rings. The lowest BCUT2D eigenvalue weighted by Gasteiger charge is -2.13. The molecule has 4 nitrogen and oxygen atoms in total. The third kappa shape index (κ3) is 3.44. The number of fused-ring (bicyclic) bond motifs is 1. The molecular weight excluding hydrogens is 254 g/mol. The first-order chi connectivity index (χ1) is 9.86. The second-order valence-electron chi connectivity index (χ2n) is 5.52. The van der Waals surface area contributed by atoms with Crippen LogP contribution in [0.2, 0.25) is 0 Å². The zero-order valence-electron chi connectivity index (χ0n) is 12.1. The van der Waals surface area contributed by atoms with E-state index in [2.05, 4.69) is 17.4 Å². The second-order valence-corrected chi connectivity index (χ2v) is 5.52. The number of hydrogen-bond donors (Lipinski definition) is 1. The lowest BCUT2D eigenvalue weighted by molar-refractivity contribution is 0.172. The van der Waals surface area contributed by atoms with Crippen molar-refractivity contribution in [2.75, 3.05) is 26.9 Å². The molecule has 20 heavy (non-hydrogen) atoms. The molecule has 0 unspecified atom stereocenters. The summed E-state index contributed by atoms with van der Waals surface area (Å²) in [6, 6.07) is 5.03. The average Bonchev–Trinajstić information content (AvgIpc) is 3.17. The minimum atomic E-state index is 0.694. The molecule has 1 heterocycles. The molecule has 0 amide bonds. The van der Waals surface area contributed by atoms with Gasteiger partial charge >= 0.3 is 0 Å². The van der Waals surface area contributed by atoms with Crippen LogP contribution in [0.25, 0.3) is 0 Å². The fraction of sp³-hybridized carbons (Fsp3) is 0.625. The van der Waals surface area contributed by atoms with Crippen molar-refractivity contribution in [1.29, 1.82) is 0 Å². The van der Waals surface area contributed by atoms with E-state index in [0.29, 0.717) is 6.61 Å². The first kappa shape index (κ1) is 13.7. The van der Waals surface area contributed by atoms with Gasteiger partial charge in [0.05, 0.1) is 13.2 Å². The Bertz CT molecular complexity index is 457. The summed E-state index contributed by atoms with van der Waals surface area (Å²) >= 11 is 0. The highest BCUT2D eigenvalue weighted by Crippen LogP contribution is 2.35. The van der Waals surface area contributed by atoms with Crippen molar-refractivity contribution in [3.8, 4) is 11.5 Å². The van der Waals surface area contributed by atoms with Crippen LogP contribution in [-0.2, 0) is 17.7 Å². The predicted molar refractivity (Wildman–Crippen MR) is 77.5 cm³/mol. The largest absolute Gasteiger partial charge is 0.493 e. The van der Waals surface area contributed by atoms with Gasteiger partial charge in [0.1, 0.15) is 11.5 Å². The summed E-state index contributed by atoms with van der Waals surface area (Å²) < 4.78 is 16.7. The van der Waals surface area contributed by atoms with Crippen molar-refractivity contribution in [2.24, 2.45) is 0 Å². The van der Waals surface area contributed by atoms with Crippen molar-refractivity contribution in [1.82, 2.24) is 5.32 Å². The van der Waals surface area contributed by atoms with Crippen LogP contribution in [0.3, 0.4) is 0 Å². The number of ether oxygens (including phenoxy) is 3. The van der Waals surface area contributed by atoms with E-state index in [1.54, 1.807) is 7.11 Å². The molecule has 1 N–H and O–H groups in total. The maximum atomic E-state index is 5.93. The molecule has 3 rings (SSSR count). The van der Waals surface area contributed by atoms with E-state index in [1.165, 1.54) is 24.0 Å². The summed E-state index contributed by atoms with van der Waals surface area (Å²) in [6.45, 7) is 3.10. The van der Waals surface area contributed by atoms with Crippen LogP contribution in [0, 0.1) is 0 Å². The van der Waals surface area contributed by atoms with E-state index < -0.39 is 0 Å². The van der Waals surface area contributed by atoms with Gasteiger partial charge in [-0.25, -0.2) is 0 Å². The normalized spacial score (nSPS) is 16.9. The quantitative estimate of drug-likeness (QED) is 0.740. The Morgan fingerprint density at radius 2 is 2.20 bits per heavy atom. The van der Waals surface area contributed by atoms with E-state index in [4.69, 9.17) is 14.2 Å². The number of benzene rings is 1. The summed E-state index contributed by atoms with van der Waals surface area (Å²) in [4.78, 5) is 0. The van der Waals surface area contributed by atoms with E-state index in [0.717, 1.165) is 50.1 Å². The molecule has 0 spiro atoms. The lowest BCUT2D eigenvalue weighted by Crippen LogP contribution is -2.15. The molecule has 1 aliphatic carbocycles. The van der Waals surface area contributed by atoms with Crippen molar-refractivity contribution >= 4 is 0 Å². The van der Waals surface area contributed by atoms with Crippen LogP contribution in [-0.4, -0.2) is 33.0 Å². The van der Waals surface area contributed by atoms with Crippen LogP contribution in [0.15, 0.2) is 12.1 Å². The van der Waals surface area contributed by atoms with Crippen molar-refractivity contribution in [3.63, 3.8) is 0 Å². The van der Waals surface area contributed by atoms with E-state index in [-0.39, 0.29) is 0 Å². The maximum absolute atomic E-state index is 5.93. The summed E-state index contributed by atoms with van der Waals surface area (Å²) in [6.07, 6.45) is 4.48. The second kappa shape index (κ2) is 6.46. The molecule has 0 aromatic heterocycles. The lowest BCUT2D eigenvalue weighted by atomic mass is 10.1. The van der Waals surface area contributed by atoms with Gasteiger partial charge in [-0.15, -0.1) is 0 Å². The molecule has 2 aliphatic rings. The Labute approximate surface area is 120 Å². The van der Waals surface area contributed by atoms with Crippen LogP contribution in [0.4, 0.5) is 0 Å². The van der Waals surface area contributed by atoms with Gasteiger partial charge in [0.15, 0.2) is 0 Å². The molecule has 0 radical (unpaired) electrons. The molecule has 0 saturated heterocycles. The molecule has 1 saturated carbocycles. The highest BCUT2D eigenvalue weighted by Gasteiger charge is 2.22. The number of nitrogens with one attached hydrogen (secondary N) is 1. The predicted octanol–water partition coefficient (Wildman–Crippen LogP) is 2.29. The first-order valence-corrected chi connectivity index (χ1v) is 7.50. The summed E-state index contributed by atoms with van der Waals surface area (Å²) in [7, 11) is 1.72. The van der Waals surface area contributed by atoms with Crippen molar-refractivity contribution in [2.45, 2.75) is 38.3 Å². The van der Waals surface area contributed by atoms with Crippen LogP contribution < -0.4 is 14.8 Å². The average molecular weight is 277 g/mol. The highest BCUT2D eigenvalue weighted by molar-refractivity contribution is 5.50. The van der Waals surface area contributed by atoms with Gasteiger partial charge in [-0.05, 0) is 30.5 Å². The monoisotopic (exact) mass is 277 g/mol. The minimum absolute atomic E-state index is 0.694. The fourth-order valence-electron chi connectivity index (χ4n) is 2.48. The molecule has 1 aliphatic heterocycles. The Hall–Kier alpha value is -1.26. The molecule has 4 heteroatoms. The Morgan fingerprint density at radius 3 is 3.00 bits per heavy atom. The smallest absolute Gasteiger partial charge is 0.126 e. The van der Waals surface area contributed by atoms with Crippen LogP contribution >= 0.6 is 0 Å². The third-order valence-electron chi connectivity index (χ3n) is 3.76. The van der Waals surface area contributed by atoms with Gasteiger partial charge in [-0.1, -0.05) is 0 Å². The standard InChI is InChI=1S/C16H23NO3/c1-18-6-2-7-19-15-9-12(11-17-13-3-4-13)10-16-14(15)5-8-20-16/h9-10,13,17H,2-8,11H2,1H3. The zero-order chi connectivity index (χ0) is 13.8. The summed E-state index contributed by atoms with van der Waals surface area (Å²) in [5, 5.41) is 3.54. The van der Waals surface area contributed by atoms with E-state index >= 15 is 0 Å². The Morgan fingerprint density at radius 1 is 1.30 bits per heavy atom. The van der Waals surface area contributed by atoms with Gasteiger partial charge in [0, 0.05) is 44.7 Å². The first-order valence-electron chi connectivity index (χ1n) is 7.50. The molecular formula is C16H23NO3. The van der Waals surface area contributed by atoms with Gasteiger partial charge < -0.3 is 19.5 Å². The summed E-state index contributed by atoms with van der Waals surface area (Å²) in [5.41, 5.74) is 2.47. The number of methoxy groups -OCH3 is 1. The van der Waals surface area contributed by atoms with E-state index in [1.807, 2.05) is 0 Å². The number of hydrogen-bond acceptors (Lipinski definition) is 4. The highest BCUT2D eigenvalue weighted by atomic mass is 16.5. The topological polar surface area (TPSA) is 39.7 Å². The van der Waals surface area contributed by atoms with Crippen molar-refractivity contribution < 1.29 is 14.2 Å². The molecule has 0 atom stereocenters. The fourth-order valence-corrected chi connectivity index (χ4v) is 2.48. The Balaban J connectivity index is 1.65. The molecule has 110 valence electrons. The SMILES string of the molecule is COCCCOc1cc(CNC2CC2)cc2c1CCO2. The van der Waals surface area contributed by atoms with Gasteiger partial charge in [-0.2, -0.15) is 0 Å². The van der Waals surface area contributed by atoms with Crippen LogP contribution in [0.1, 0.15) is 30.4 Å². The molecule has 1 aromatic carbocycles. The number of rotatable bonds is 8. The Kier molecular flexibility index (Phi) is 4.43. The zero-order valence-corrected chi connectivity index (χ0v) is 12.1. The third-order valence-corrected chi connectivity index (χ3v) is 3.76. The minimum Gasteiger partial charge on any atom is -0.493 e. The van der Waals surface area contributed by atoms with Gasteiger partial charge in [0.2, 0.25) is 0 Å². The van der Waals surface area contributed by atoms with Gasteiger partial charge in [0.25, 0.3) is 0 Å². The van der Waals surface area contributed by atoms with Gasteiger partial charge in [-0.3, -0.25) is 0 Å². The summed E-state index contributed by atoms with van der Waals surface area (Å²) in [5.74, 6) is 1.99. The molecule has 0 bridgehead atoms. The molecule has 1 aromatic rings. The van der Waals surface area contributed by atoms with Crippen LogP contribution in [0.5, 0.6) is 11.5 Å². The van der Waals surface area contributed by atoms with E-state index in [9.17, 15) is 0 Å². The maximum Gasteiger partial charge on any atom is 0.126 e.